The van der Waals surface area contributed by atoms with Gasteiger partial charge >= 0.3 is 0 Å². The summed E-state index contributed by atoms with van der Waals surface area (Å²) in [5, 5.41) is 8.99. The highest BCUT2D eigenvalue weighted by atomic mass is 32.1. The molecule has 1 N–H and O–H groups in total. The molecule has 0 amide bonds. The van der Waals surface area contributed by atoms with Gasteiger partial charge in [-0.1, -0.05) is 0 Å². The second-order valence-corrected chi connectivity index (χ2v) is 6.49. The first-order chi connectivity index (χ1) is 9.85. The minimum absolute atomic E-state index is 0.217. The van der Waals surface area contributed by atoms with Crippen molar-refractivity contribution in [1.29, 1.82) is 0 Å². The van der Waals surface area contributed by atoms with Gasteiger partial charge in [0.25, 0.3) is 0 Å². The highest BCUT2D eigenvalue weighted by molar-refractivity contribution is 7.12. The zero-order valence-corrected chi connectivity index (χ0v) is 12.3. The largest absolute Gasteiger partial charge is 0.396 e. The zero-order chi connectivity index (χ0) is 13.8. The third-order valence-electron chi connectivity index (χ3n) is 3.78. The van der Waals surface area contributed by atoms with E-state index < -0.39 is 0 Å². The van der Waals surface area contributed by atoms with Crippen molar-refractivity contribution in [1.82, 2.24) is 9.55 Å². The first-order valence-corrected chi connectivity index (χ1v) is 7.93. The number of aliphatic hydroxyl groups excluding tert-OH is 1. The van der Waals surface area contributed by atoms with E-state index in [0.717, 1.165) is 32.4 Å². The molecule has 1 aliphatic heterocycles. The van der Waals surface area contributed by atoms with Crippen molar-refractivity contribution in [2.45, 2.75) is 31.9 Å². The predicted octanol–water partition coefficient (Wildman–Crippen LogP) is 2.65. The van der Waals surface area contributed by atoms with Crippen molar-refractivity contribution in [2.24, 2.45) is 5.92 Å². The summed E-state index contributed by atoms with van der Waals surface area (Å²) in [7, 11) is 0. The smallest absolute Gasteiger partial charge is 0.0945 e. The quantitative estimate of drug-likeness (QED) is 0.921. The number of aliphatic hydroxyl groups is 1. The van der Waals surface area contributed by atoms with Gasteiger partial charge in [0, 0.05) is 48.3 Å². The van der Waals surface area contributed by atoms with Crippen molar-refractivity contribution in [3.05, 3.63) is 40.6 Å². The molecule has 3 rings (SSSR count). The van der Waals surface area contributed by atoms with Gasteiger partial charge < -0.3 is 14.4 Å². The maximum atomic E-state index is 8.99. The van der Waals surface area contributed by atoms with Crippen LogP contribution in [0.25, 0.3) is 0 Å². The fourth-order valence-electron chi connectivity index (χ4n) is 2.73. The molecule has 0 bridgehead atoms. The number of imidazole rings is 1. The van der Waals surface area contributed by atoms with Crippen molar-refractivity contribution in [3.63, 3.8) is 0 Å². The van der Waals surface area contributed by atoms with E-state index in [1.165, 1.54) is 9.75 Å². The average Bonchev–Trinajstić information content (AvgIpc) is 3.11. The Balaban J connectivity index is 1.62. The number of rotatable bonds is 5. The monoisotopic (exact) mass is 292 g/mol. The topological polar surface area (TPSA) is 47.3 Å². The summed E-state index contributed by atoms with van der Waals surface area (Å²) in [6, 6.07) is 4.26. The molecule has 2 unspecified atom stereocenters. The summed E-state index contributed by atoms with van der Waals surface area (Å²) in [5.41, 5.74) is 0. The number of hydrogen-bond acceptors (Lipinski definition) is 4. The van der Waals surface area contributed by atoms with Gasteiger partial charge in [-0.25, -0.2) is 4.98 Å². The van der Waals surface area contributed by atoms with Gasteiger partial charge in [-0.15, -0.1) is 11.3 Å². The van der Waals surface area contributed by atoms with Crippen LogP contribution in [0.3, 0.4) is 0 Å². The summed E-state index contributed by atoms with van der Waals surface area (Å²) >= 11 is 1.77. The summed E-state index contributed by atoms with van der Waals surface area (Å²) in [6.07, 6.45) is 8.88. The van der Waals surface area contributed by atoms with Crippen LogP contribution in [0.5, 0.6) is 0 Å². The molecule has 2 aromatic rings. The lowest BCUT2D eigenvalue weighted by Gasteiger charge is -2.29. The van der Waals surface area contributed by atoms with E-state index in [1.807, 2.05) is 18.7 Å². The number of nitrogens with zero attached hydrogens (tertiary/aromatic N) is 2. The van der Waals surface area contributed by atoms with Crippen LogP contribution in [0.2, 0.25) is 0 Å². The molecule has 3 heterocycles. The van der Waals surface area contributed by atoms with Crippen LogP contribution < -0.4 is 0 Å². The van der Waals surface area contributed by atoms with Crippen molar-refractivity contribution >= 4 is 11.3 Å². The molecule has 0 saturated carbocycles. The second-order valence-electron chi connectivity index (χ2n) is 5.29. The van der Waals surface area contributed by atoms with Crippen molar-refractivity contribution in [3.8, 4) is 0 Å². The molecule has 1 aliphatic rings. The molecule has 0 radical (unpaired) electrons. The van der Waals surface area contributed by atoms with Crippen LogP contribution in [0, 0.1) is 5.92 Å². The molecular weight excluding hydrogens is 272 g/mol. The third-order valence-corrected chi connectivity index (χ3v) is 5.02. The van der Waals surface area contributed by atoms with Gasteiger partial charge in [-0.2, -0.15) is 0 Å². The van der Waals surface area contributed by atoms with Crippen LogP contribution >= 0.6 is 11.3 Å². The SMILES string of the molecule is OCCc1ccc(C2CC(Cn3ccnc3)CCO2)s1. The summed E-state index contributed by atoms with van der Waals surface area (Å²) < 4.78 is 8.08. The Kier molecular flexibility index (Phi) is 4.50. The maximum absolute atomic E-state index is 8.99. The molecular formula is C15H20N2O2S. The Bertz CT molecular complexity index is 524. The van der Waals surface area contributed by atoms with Crippen molar-refractivity contribution < 1.29 is 9.84 Å². The molecule has 108 valence electrons. The van der Waals surface area contributed by atoms with E-state index in [4.69, 9.17) is 9.84 Å². The maximum Gasteiger partial charge on any atom is 0.0945 e. The van der Waals surface area contributed by atoms with E-state index in [0.29, 0.717) is 5.92 Å². The molecule has 20 heavy (non-hydrogen) atoms. The van der Waals surface area contributed by atoms with Gasteiger partial charge in [0.05, 0.1) is 12.4 Å². The average molecular weight is 292 g/mol. The van der Waals surface area contributed by atoms with Gasteiger partial charge in [0.1, 0.15) is 0 Å². The Morgan fingerprint density at radius 2 is 2.40 bits per heavy atom. The summed E-state index contributed by atoms with van der Waals surface area (Å²) in [6.45, 7) is 2.07. The molecule has 0 aromatic carbocycles. The molecule has 4 nitrogen and oxygen atoms in total. The molecule has 2 atom stereocenters. The Morgan fingerprint density at radius 3 is 3.20 bits per heavy atom. The van der Waals surface area contributed by atoms with E-state index in [1.54, 1.807) is 11.3 Å². The third kappa shape index (κ3) is 3.29. The fourth-order valence-corrected chi connectivity index (χ4v) is 3.80. The number of thiophene rings is 1. The summed E-state index contributed by atoms with van der Waals surface area (Å²) in [5.74, 6) is 0.645. The Hall–Kier alpha value is -1.17. The van der Waals surface area contributed by atoms with Crippen LogP contribution in [0.4, 0.5) is 0 Å². The highest BCUT2D eigenvalue weighted by Crippen LogP contribution is 2.36. The number of ether oxygens (including phenoxy) is 1. The molecule has 2 aromatic heterocycles. The van der Waals surface area contributed by atoms with Crippen LogP contribution in [0.1, 0.15) is 28.7 Å². The summed E-state index contributed by atoms with van der Waals surface area (Å²) in [4.78, 5) is 6.63. The van der Waals surface area contributed by atoms with Crippen LogP contribution in [-0.4, -0.2) is 27.9 Å². The lowest BCUT2D eigenvalue weighted by atomic mass is 9.94. The number of aromatic nitrogens is 2. The van der Waals surface area contributed by atoms with Gasteiger partial charge in [-0.3, -0.25) is 0 Å². The van der Waals surface area contributed by atoms with Gasteiger partial charge in [0.15, 0.2) is 0 Å². The zero-order valence-electron chi connectivity index (χ0n) is 11.4. The molecule has 1 fully saturated rings. The van der Waals surface area contributed by atoms with Crippen LogP contribution in [-0.2, 0) is 17.7 Å². The van der Waals surface area contributed by atoms with Crippen LogP contribution in [0.15, 0.2) is 30.9 Å². The van der Waals surface area contributed by atoms with E-state index >= 15 is 0 Å². The number of hydrogen-bond donors (Lipinski definition) is 1. The highest BCUT2D eigenvalue weighted by Gasteiger charge is 2.25. The first kappa shape index (κ1) is 13.8. The van der Waals surface area contributed by atoms with Crippen molar-refractivity contribution in [2.75, 3.05) is 13.2 Å². The minimum Gasteiger partial charge on any atom is -0.396 e. The molecule has 1 saturated heterocycles. The Morgan fingerprint density at radius 1 is 1.45 bits per heavy atom. The minimum atomic E-state index is 0.217. The molecule has 0 aliphatic carbocycles. The standard InChI is InChI=1S/C15H20N2O2S/c18-7-3-13-1-2-15(20-13)14-9-12(4-8-19-14)10-17-6-5-16-11-17/h1-2,5-6,11-12,14,18H,3-4,7-10H2. The molecule has 0 spiro atoms. The predicted molar refractivity (Wildman–Crippen MR) is 78.8 cm³/mol. The molecule has 5 heteroatoms. The second kappa shape index (κ2) is 6.52. The normalized spacial score (nSPS) is 23.1. The van der Waals surface area contributed by atoms with E-state index in [2.05, 4.69) is 21.7 Å². The fraction of sp³-hybridized carbons (Fsp3) is 0.533. The lowest BCUT2D eigenvalue weighted by molar-refractivity contribution is -0.0118. The van der Waals surface area contributed by atoms with Gasteiger partial charge in [-0.05, 0) is 30.9 Å². The first-order valence-electron chi connectivity index (χ1n) is 7.12. The van der Waals surface area contributed by atoms with E-state index in [-0.39, 0.29) is 12.7 Å². The Labute approximate surface area is 123 Å². The van der Waals surface area contributed by atoms with E-state index in [9.17, 15) is 0 Å². The lowest BCUT2D eigenvalue weighted by Crippen LogP contribution is -2.22. The van der Waals surface area contributed by atoms with Gasteiger partial charge in [0.2, 0.25) is 0 Å².